The van der Waals surface area contributed by atoms with E-state index in [9.17, 15) is 14.9 Å². The summed E-state index contributed by atoms with van der Waals surface area (Å²) in [6.07, 6.45) is 0. The highest BCUT2D eigenvalue weighted by molar-refractivity contribution is 7.15. The standard InChI is InChI=1S/C13H13N3O3S/c1-7-4-5-10(11(6-7)16(18)19)12(17)15-13-14-8(2)9(3)20-13/h4-6H,1-3H3,(H,14,15,17). The van der Waals surface area contributed by atoms with Gasteiger partial charge in [-0.2, -0.15) is 0 Å². The molecule has 1 amide bonds. The lowest BCUT2D eigenvalue weighted by Crippen LogP contribution is -2.14. The van der Waals surface area contributed by atoms with E-state index < -0.39 is 10.8 Å². The van der Waals surface area contributed by atoms with Gasteiger partial charge in [-0.25, -0.2) is 4.98 Å². The summed E-state index contributed by atoms with van der Waals surface area (Å²) >= 11 is 1.34. The molecule has 20 heavy (non-hydrogen) atoms. The molecule has 104 valence electrons. The van der Waals surface area contributed by atoms with Gasteiger partial charge in [0.15, 0.2) is 5.13 Å². The molecule has 0 atom stereocenters. The highest BCUT2D eigenvalue weighted by Gasteiger charge is 2.21. The van der Waals surface area contributed by atoms with Crippen LogP contribution in [0.5, 0.6) is 0 Å². The number of hydrogen-bond acceptors (Lipinski definition) is 5. The number of nitro benzene ring substituents is 1. The number of carbonyl (C=O) groups is 1. The van der Waals surface area contributed by atoms with Crippen molar-refractivity contribution in [1.29, 1.82) is 0 Å². The normalized spacial score (nSPS) is 10.3. The first kappa shape index (κ1) is 14.1. The maximum Gasteiger partial charge on any atom is 0.282 e. The van der Waals surface area contributed by atoms with E-state index in [-0.39, 0.29) is 11.3 Å². The van der Waals surface area contributed by atoms with Crippen LogP contribution >= 0.6 is 11.3 Å². The fraction of sp³-hybridized carbons (Fsp3) is 0.231. The van der Waals surface area contributed by atoms with Gasteiger partial charge in [0, 0.05) is 10.9 Å². The molecule has 0 bridgehead atoms. The molecule has 2 aromatic rings. The molecule has 6 nitrogen and oxygen atoms in total. The minimum atomic E-state index is -0.555. The summed E-state index contributed by atoms with van der Waals surface area (Å²) < 4.78 is 0. The number of benzene rings is 1. The maximum absolute atomic E-state index is 12.1. The Hall–Kier alpha value is -2.28. The van der Waals surface area contributed by atoms with Gasteiger partial charge in [-0.15, -0.1) is 11.3 Å². The van der Waals surface area contributed by atoms with Gasteiger partial charge >= 0.3 is 0 Å². The molecule has 1 N–H and O–H groups in total. The smallest absolute Gasteiger partial charge is 0.282 e. The van der Waals surface area contributed by atoms with Gasteiger partial charge in [0.25, 0.3) is 11.6 Å². The van der Waals surface area contributed by atoms with Crippen LogP contribution in [0.2, 0.25) is 0 Å². The van der Waals surface area contributed by atoms with Crippen LogP contribution in [0.4, 0.5) is 10.8 Å². The first-order valence-corrected chi connectivity index (χ1v) is 6.70. The predicted molar refractivity (Wildman–Crippen MR) is 77.4 cm³/mol. The lowest BCUT2D eigenvalue weighted by atomic mass is 10.1. The summed E-state index contributed by atoms with van der Waals surface area (Å²) in [4.78, 5) is 27.8. The van der Waals surface area contributed by atoms with Crippen LogP contribution in [0.1, 0.15) is 26.5 Å². The van der Waals surface area contributed by atoms with Gasteiger partial charge in [-0.05, 0) is 32.4 Å². The molecule has 7 heteroatoms. The Morgan fingerprint density at radius 2 is 2.05 bits per heavy atom. The second-order valence-electron chi connectivity index (χ2n) is 4.39. The van der Waals surface area contributed by atoms with Crippen molar-refractivity contribution in [2.75, 3.05) is 5.32 Å². The van der Waals surface area contributed by atoms with Gasteiger partial charge in [0.2, 0.25) is 0 Å². The van der Waals surface area contributed by atoms with Crippen LogP contribution < -0.4 is 5.32 Å². The lowest BCUT2D eigenvalue weighted by Gasteiger charge is -2.03. The number of nitrogens with one attached hydrogen (secondary N) is 1. The van der Waals surface area contributed by atoms with Gasteiger partial charge in [0.05, 0.1) is 10.6 Å². The van der Waals surface area contributed by atoms with Crippen LogP contribution in [-0.2, 0) is 0 Å². The van der Waals surface area contributed by atoms with E-state index in [1.165, 1.54) is 23.5 Å². The van der Waals surface area contributed by atoms with Crippen LogP contribution in [0, 0.1) is 30.9 Å². The number of nitrogens with zero attached hydrogens (tertiary/aromatic N) is 2. The molecule has 0 radical (unpaired) electrons. The van der Waals surface area contributed by atoms with Crippen LogP contribution in [0.25, 0.3) is 0 Å². The van der Waals surface area contributed by atoms with Crippen LogP contribution in [0.15, 0.2) is 18.2 Å². The Kier molecular flexibility index (Phi) is 3.80. The number of aryl methyl sites for hydroxylation is 3. The summed E-state index contributed by atoms with van der Waals surface area (Å²) in [5, 5.41) is 14.0. The van der Waals surface area contributed by atoms with E-state index in [0.29, 0.717) is 5.13 Å². The number of thiazole rings is 1. The molecular weight excluding hydrogens is 278 g/mol. The third-order valence-corrected chi connectivity index (χ3v) is 3.83. The summed E-state index contributed by atoms with van der Waals surface area (Å²) in [5.41, 5.74) is 1.40. The van der Waals surface area contributed by atoms with Crippen molar-refractivity contribution in [3.8, 4) is 0 Å². The Morgan fingerprint density at radius 3 is 2.60 bits per heavy atom. The second kappa shape index (κ2) is 5.38. The van der Waals surface area contributed by atoms with E-state index in [1.54, 1.807) is 13.0 Å². The monoisotopic (exact) mass is 291 g/mol. The van der Waals surface area contributed by atoms with Crippen molar-refractivity contribution in [3.63, 3.8) is 0 Å². The van der Waals surface area contributed by atoms with Crippen molar-refractivity contribution in [2.24, 2.45) is 0 Å². The highest BCUT2D eigenvalue weighted by Crippen LogP contribution is 2.24. The van der Waals surface area contributed by atoms with Crippen molar-refractivity contribution < 1.29 is 9.72 Å². The summed E-state index contributed by atoms with van der Waals surface area (Å²) in [6.45, 7) is 5.48. The molecule has 0 spiro atoms. The fourth-order valence-corrected chi connectivity index (χ4v) is 2.49. The van der Waals surface area contributed by atoms with Crippen LogP contribution in [0.3, 0.4) is 0 Å². The zero-order valence-electron chi connectivity index (χ0n) is 11.3. The van der Waals surface area contributed by atoms with E-state index in [2.05, 4.69) is 10.3 Å². The molecule has 1 aromatic heterocycles. The molecule has 2 rings (SSSR count). The molecule has 0 unspecified atom stereocenters. The molecule has 0 aliphatic carbocycles. The minimum Gasteiger partial charge on any atom is -0.298 e. The van der Waals surface area contributed by atoms with Gasteiger partial charge < -0.3 is 0 Å². The second-order valence-corrected chi connectivity index (χ2v) is 5.60. The molecule has 0 saturated carbocycles. The molecule has 1 aromatic carbocycles. The lowest BCUT2D eigenvalue weighted by molar-refractivity contribution is -0.385. The number of aromatic nitrogens is 1. The summed E-state index contributed by atoms with van der Waals surface area (Å²) in [5.74, 6) is -0.523. The fourth-order valence-electron chi connectivity index (χ4n) is 1.68. The quantitative estimate of drug-likeness (QED) is 0.695. The van der Waals surface area contributed by atoms with E-state index in [4.69, 9.17) is 0 Å². The largest absolute Gasteiger partial charge is 0.298 e. The van der Waals surface area contributed by atoms with Crippen molar-refractivity contribution >= 4 is 28.1 Å². The number of rotatable bonds is 3. The number of nitro groups is 1. The SMILES string of the molecule is Cc1ccc(C(=O)Nc2nc(C)c(C)s2)c([N+](=O)[O-])c1. The molecule has 0 saturated heterocycles. The Morgan fingerprint density at radius 1 is 1.35 bits per heavy atom. The molecule has 0 fully saturated rings. The first-order valence-electron chi connectivity index (χ1n) is 5.89. The van der Waals surface area contributed by atoms with Crippen LogP contribution in [-0.4, -0.2) is 15.8 Å². The third kappa shape index (κ3) is 2.83. The maximum atomic E-state index is 12.1. The molecule has 0 aliphatic heterocycles. The Balaban J connectivity index is 2.31. The van der Waals surface area contributed by atoms with E-state index >= 15 is 0 Å². The van der Waals surface area contributed by atoms with Gasteiger partial charge in [0.1, 0.15) is 5.56 Å². The minimum absolute atomic E-state index is 0.0334. The zero-order chi connectivity index (χ0) is 14.9. The summed E-state index contributed by atoms with van der Waals surface area (Å²) in [7, 11) is 0. The van der Waals surface area contributed by atoms with Crippen molar-refractivity contribution in [2.45, 2.75) is 20.8 Å². The van der Waals surface area contributed by atoms with Gasteiger partial charge in [-0.1, -0.05) is 6.07 Å². The summed E-state index contributed by atoms with van der Waals surface area (Å²) in [6, 6.07) is 4.50. The third-order valence-electron chi connectivity index (χ3n) is 2.84. The number of amides is 1. The Labute approximate surface area is 119 Å². The Bertz CT molecular complexity index is 675. The topological polar surface area (TPSA) is 85.1 Å². The molecule has 0 aliphatic rings. The predicted octanol–water partition coefficient (Wildman–Crippen LogP) is 3.23. The first-order chi connectivity index (χ1) is 9.38. The zero-order valence-corrected chi connectivity index (χ0v) is 12.1. The number of anilines is 1. The van der Waals surface area contributed by atoms with E-state index in [1.807, 2.05) is 13.8 Å². The van der Waals surface area contributed by atoms with E-state index in [0.717, 1.165) is 16.1 Å². The van der Waals surface area contributed by atoms with Crippen molar-refractivity contribution in [3.05, 3.63) is 50.0 Å². The average Bonchev–Trinajstić information content (AvgIpc) is 2.67. The molecular formula is C13H13N3O3S. The van der Waals surface area contributed by atoms with Crippen molar-refractivity contribution in [1.82, 2.24) is 4.98 Å². The molecule has 1 heterocycles. The van der Waals surface area contributed by atoms with Gasteiger partial charge in [-0.3, -0.25) is 20.2 Å². The number of carbonyl (C=O) groups excluding carboxylic acids is 1. The number of hydrogen-bond donors (Lipinski definition) is 1. The highest BCUT2D eigenvalue weighted by atomic mass is 32.1. The average molecular weight is 291 g/mol.